The minimum Gasteiger partial charge on any atom is -0.756 e. The van der Waals surface area contributed by atoms with Gasteiger partial charge in [-0.2, -0.15) is 0 Å². The van der Waals surface area contributed by atoms with Gasteiger partial charge in [0, 0.05) is 12.8 Å². The molecule has 0 aliphatic rings. The van der Waals surface area contributed by atoms with Gasteiger partial charge in [-0.1, -0.05) is 294 Å². The van der Waals surface area contributed by atoms with Crippen molar-refractivity contribution in [2.24, 2.45) is 0 Å². The average molecular weight is 1140 g/mol. The zero-order chi connectivity index (χ0) is 58.6. The standard InChI is InChI=1S/C70H131N2O7P/c1-7-10-13-16-19-22-25-27-29-31-32-33-34-35-36-37-38-39-40-41-43-45-48-51-54-57-60-63-70(74)79-68(61-58-55-52-49-46-24-21-18-15-12-9-3)67(66-78-80(75,76)77-65-64-72(4,5)6)71-69(73)62-59-56-53-50-47-44-42-30-28-26-23-20-17-14-11-8-2/h19,22,27,29,32-33,35-36,58,61,67-68H,7-18,20-21,23-26,28,30-31,34,37-57,59-60,62-66H2,1-6H3,(H-,71,73,75,76)/b22-19-,29-27-,33-32-,36-35-,61-58-. The van der Waals surface area contributed by atoms with Crippen LogP contribution in [0.1, 0.15) is 323 Å². The number of rotatable bonds is 62. The fourth-order valence-electron chi connectivity index (χ4n) is 9.92. The number of nitrogens with zero attached hydrogens (tertiary/aromatic N) is 1. The van der Waals surface area contributed by atoms with Crippen molar-refractivity contribution in [3.8, 4) is 0 Å². The van der Waals surface area contributed by atoms with E-state index in [0.29, 0.717) is 17.4 Å². The number of phosphoric acid groups is 1. The molecule has 0 aromatic carbocycles. The van der Waals surface area contributed by atoms with Crippen molar-refractivity contribution in [3.05, 3.63) is 60.8 Å². The number of unbranched alkanes of at least 4 members (excludes halogenated alkanes) is 38. The molecule has 0 aliphatic carbocycles. The number of hydrogen-bond acceptors (Lipinski definition) is 7. The number of ether oxygens (including phenoxy) is 1. The molecule has 0 fully saturated rings. The van der Waals surface area contributed by atoms with E-state index >= 15 is 0 Å². The molecule has 0 saturated carbocycles. The molecule has 0 aromatic rings. The molecule has 0 heterocycles. The number of quaternary nitrogens is 1. The van der Waals surface area contributed by atoms with E-state index in [4.69, 9.17) is 13.8 Å². The van der Waals surface area contributed by atoms with Crippen molar-refractivity contribution in [3.63, 3.8) is 0 Å². The van der Waals surface area contributed by atoms with Crippen LogP contribution >= 0.6 is 7.82 Å². The van der Waals surface area contributed by atoms with Crippen LogP contribution in [-0.4, -0.2) is 69.4 Å². The molecular weight excluding hydrogens is 1010 g/mol. The first-order valence-electron chi connectivity index (χ1n) is 34.1. The molecular formula is C70H131N2O7P. The molecule has 0 bridgehead atoms. The Hall–Kier alpha value is -2.29. The van der Waals surface area contributed by atoms with Gasteiger partial charge in [0.25, 0.3) is 7.82 Å². The Labute approximate surface area is 496 Å². The molecule has 0 rings (SSSR count). The van der Waals surface area contributed by atoms with Crippen molar-refractivity contribution < 1.29 is 37.3 Å². The first-order chi connectivity index (χ1) is 38.9. The highest BCUT2D eigenvalue weighted by atomic mass is 31.2. The summed E-state index contributed by atoms with van der Waals surface area (Å²) >= 11 is 0. The Morgan fingerprint density at radius 1 is 0.438 bits per heavy atom. The Balaban J connectivity index is 5.02. The Morgan fingerprint density at radius 3 is 1.16 bits per heavy atom. The maximum absolute atomic E-state index is 13.5. The summed E-state index contributed by atoms with van der Waals surface area (Å²) in [5.41, 5.74) is 0. The van der Waals surface area contributed by atoms with Crippen molar-refractivity contribution >= 4 is 19.7 Å². The molecule has 0 aromatic heterocycles. The summed E-state index contributed by atoms with van der Waals surface area (Å²) in [6, 6.07) is -0.888. The highest BCUT2D eigenvalue weighted by Crippen LogP contribution is 2.38. The number of nitrogens with one attached hydrogen (secondary N) is 1. The lowest BCUT2D eigenvalue weighted by atomic mass is 10.0. The summed E-state index contributed by atoms with van der Waals surface area (Å²) in [7, 11) is 1.19. The van der Waals surface area contributed by atoms with E-state index in [2.05, 4.69) is 74.7 Å². The third kappa shape index (κ3) is 60.3. The largest absolute Gasteiger partial charge is 0.756 e. The summed E-state index contributed by atoms with van der Waals surface area (Å²) in [5.74, 6) is -0.533. The monoisotopic (exact) mass is 1140 g/mol. The van der Waals surface area contributed by atoms with Crippen molar-refractivity contribution in [2.45, 2.75) is 335 Å². The first-order valence-corrected chi connectivity index (χ1v) is 35.6. The van der Waals surface area contributed by atoms with E-state index in [-0.39, 0.29) is 31.5 Å². The van der Waals surface area contributed by atoms with Gasteiger partial charge in [0.05, 0.1) is 33.8 Å². The molecule has 0 aliphatic heterocycles. The zero-order valence-electron chi connectivity index (χ0n) is 53.5. The van der Waals surface area contributed by atoms with Crippen LogP contribution in [0.2, 0.25) is 0 Å². The fourth-order valence-corrected chi connectivity index (χ4v) is 10.6. The summed E-state index contributed by atoms with van der Waals surface area (Å²) in [4.78, 5) is 40.1. The third-order valence-corrected chi connectivity index (χ3v) is 16.2. The third-order valence-electron chi connectivity index (χ3n) is 15.2. The average Bonchev–Trinajstić information content (AvgIpc) is 3.43. The van der Waals surface area contributed by atoms with E-state index in [1.165, 1.54) is 212 Å². The number of amides is 1. The first kappa shape index (κ1) is 77.7. The molecule has 3 unspecified atom stereocenters. The number of likely N-dealkylation sites (N-methyl/N-ethyl adjacent to an activating group) is 1. The topological polar surface area (TPSA) is 114 Å². The van der Waals surface area contributed by atoms with Gasteiger partial charge in [-0.25, -0.2) is 0 Å². The van der Waals surface area contributed by atoms with Crippen LogP contribution in [-0.2, 0) is 27.9 Å². The zero-order valence-corrected chi connectivity index (χ0v) is 54.4. The SMILES string of the molecule is CCCCC/C=C\C/C=C\C/C=C\C/C=C\CCCCCCCCCCCCCC(=O)OC(/C=C\CCCCCCCCCCC)C(COP(=O)([O-])OCC[N+](C)(C)C)NC(=O)CCCCCCCCCCCCCCCCCC. The number of carbonyl (C=O) groups excluding carboxylic acids is 2. The quantitative estimate of drug-likeness (QED) is 0.0212. The normalized spacial score (nSPS) is 13.9. The van der Waals surface area contributed by atoms with Crippen molar-refractivity contribution in [1.82, 2.24) is 5.32 Å². The Kier molecular flexibility index (Phi) is 58.1. The predicted octanol–water partition coefficient (Wildman–Crippen LogP) is 20.8. The fraction of sp³-hybridized carbons (Fsp3) is 0.829. The highest BCUT2D eigenvalue weighted by Gasteiger charge is 2.27. The van der Waals surface area contributed by atoms with Crippen LogP contribution in [0.15, 0.2) is 60.8 Å². The Morgan fingerprint density at radius 2 is 0.762 bits per heavy atom. The van der Waals surface area contributed by atoms with Crippen molar-refractivity contribution in [2.75, 3.05) is 40.9 Å². The van der Waals surface area contributed by atoms with Gasteiger partial charge >= 0.3 is 5.97 Å². The highest BCUT2D eigenvalue weighted by molar-refractivity contribution is 7.45. The lowest BCUT2D eigenvalue weighted by Crippen LogP contribution is -2.47. The predicted molar refractivity (Wildman–Crippen MR) is 344 cm³/mol. The van der Waals surface area contributed by atoms with E-state index in [1.807, 2.05) is 33.3 Å². The number of allylic oxidation sites excluding steroid dienone is 9. The summed E-state index contributed by atoms with van der Waals surface area (Å²) < 4.78 is 30.4. The molecule has 468 valence electrons. The van der Waals surface area contributed by atoms with Crippen LogP contribution in [0.4, 0.5) is 0 Å². The van der Waals surface area contributed by atoms with E-state index in [1.54, 1.807) is 0 Å². The number of hydrogen-bond donors (Lipinski definition) is 1. The molecule has 9 nitrogen and oxygen atoms in total. The second kappa shape index (κ2) is 59.9. The van der Waals surface area contributed by atoms with Gasteiger partial charge in [0.2, 0.25) is 5.91 Å². The molecule has 0 saturated heterocycles. The molecule has 0 radical (unpaired) electrons. The molecule has 80 heavy (non-hydrogen) atoms. The van der Waals surface area contributed by atoms with Gasteiger partial charge in [-0.3, -0.25) is 14.2 Å². The van der Waals surface area contributed by atoms with Gasteiger partial charge < -0.3 is 28.5 Å². The van der Waals surface area contributed by atoms with Gasteiger partial charge in [-0.15, -0.1) is 0 Å². The van der Waals surface area contributed by atoms with Crippen LogP contribution < -0.4 is 10.2 Å². The molecule has 1 N–H and O–H groups in total. The summed E-state index contributed by atoms with van der Waals surface area (Å²) in [6.45, 7) is 6.84. The second-order valence-electron chi connectivity index (χ2n) is 24.3. The number of esters is 1. The molecule has 1 amide bonds. The minimum atomic E-state index is -4.70. The van der Waals surface area contributed by atoms with Crippen LogP contribution in [0.5, 0.6) is 0 Å². The lowest BCUT2D eigenvalue weighted by Gasteiger charge is -2.30. The smallest absolute Gasteiger partial charge is 0.306 e. The van der Waals surface area contributed by atoms with Gasteiger partial charge in [-0.05, 0) is 76.7 Å². The van der Waals surface area contributed by atoms with E-state index in [0.717, 1.165) is 77.0 Å². The maximum Gasteiger partial charge on any atom is 0.306 e. The lowest BCUT2D eigenvalue weighted by molar-refractivity contribution is -0.870. The Bertz CT molecular complexity index is 1550. The molecule has 0 spiro atoms. The second-order valence-corrected chi connectivity index (χ2v) is 25.7. The van der Waals surface area contributed by atoms with Crippen molar-refractivity contribution in [1.29, 1.82) is 0 Å². The van der Waals surface area contributed by atoms with E-state index in [9.17, 15) is 19.0 Å². The van der Waals surface area contributed by atoms with Gasteiger partial charge in [0.1, 0.15) is 19.3 Å². The maximum atomic E-state index is 13.5. The molecule has 3 atom stereocenters. The summed E-state index contributed by atoms with van der Waals surface area (Å²) in [6.07, 6.45) is 76.2. The van der Waals surface area contributed by atoms with Gasteiger partial charge in [0.15, 0.2) is 0 Å². The number of carbonyl (C=O) groups is 2. The van der Waals surface area contributed by atoms with Crippen LogP contribution in [0.25, 0.3) is 0 Å². The molecule has 10 heteroatoms. The summed E-state index contributed by atoms with van der Waals surface area (Å²) in [5, 5.41) is 3.04. The minimum absolute atomic E-state index is 0.0219. The van der Waals surface area contributed by atoms with Crippen LogP contribution in [0.3, 0.4) is 0 Å². The number of phosphoric ester groups is 1. The van der Waals surface area contributed by atoms with E-state index < -0.39 is 20.0 Å². The van der Waals surface area contributed by atoms with Crippen LogP contribution in [0, 0.1) is 0 Å².